The molecule has 1 heterocycles. The highest BCUT2D eigenvalue weighted by Crippen LogP contribution is 2.23. The van der Waals surface area contributed by atoms with Crippen LogP contribution in [0.25, 0.3) is 0 Å². The van der Waals surface area contributed by atoms with Gasteiger partial charge in [-0.3, -0.25) is 14.9 Å². The molecule has 2 aromatic rings. The highest BCUT2D eigenvalue weighted by atomic mass is 16.6. The van der Waals surface area contributed by atoms with Crippen molar-refractivity contribution >= 4 is 23.3 Å². The Morgan fingerprint density at radius 2 is 2.00 bits per heavy atom. The molecule has 9 heteroatoms. The number of aryl methyl sites for hydroxylation is 1. The fraction of sp³-hybridized carbons (Fsp3) is 0.250. The molecular weight excluding hydrogens is 330 g/mol. The molecule has 0 aliphatic rings. The predicted octanol–water partition coefficient (Wildman–Crippen LogP) is 2.13. The fourth-order valence-electron chi connectivity index (χ4n) is 2.11. The van der Waals surface area contributed by atoms with Gasteiger partial charge >= 0.3 is 5.97 Å². The zero-order valence-corrected chi connectivity index (χ0v) is 13.9. The molecule has 1 aromatic carbocycles. The lowest BCUT2D eigenvalue weighted by atomic mass is 10.2. The van der Waals surface area contributed by atoms with Gasteiger partial charge in [0.1, 0.15) is 11.4 Å². The highest BCUT2D eigenvalue weighted by Gasteiger charge is 2.24. The van der Waals surface area contributed by atoms with Crippen LogP contribution in [0.1, 0.15) is 17.4 Å². The molecule has 0 radical (unpaired) electrons. The number of ether oxygens (including phenoxy) is 2. The van der Waals surface area contributed by atoms with Crippen LogP contribution in [0.5, 0.6) is 5.75 Å². The summed E-state index contributed by atoms with van der Waals surface area (Å²) >= 11 is 0. The molecule has 0 bridgehead atoms. The number of methoxy groups -OCH3 is 1. The summed E-state index contributed by atoms with van der Waals surface area (Å²) in [6, 6.07) is 7.88. The summed E-state index contributed by atoms with van der Waals surface area (Å²) in [5, 5.41) is 13.3. The van der Waals surface area contributed by atoms with Crippen molar-refractivity contribution < 1.29 is 24.0 Å². The van der Waals surface area contributed by atoms with Gasteiger partial charge in [-0.15, -0.1) is 0 Å². The Morgan fingerprint density at radius 1 is 1.32 bits per heavy atom. The third-order valence-electron chi connectivity index (χ3n) is 3.43. The summed E-state index contributed by atoms with van der Waals surface area (Å²) in [4.78, 5) is 34.4. The molecule has 0 saturated heterocycles. The van der Waals surface area contributed by atoms with Crippen LogP contribution in [-0.4, -0.2) is 34.6 Å². The predicted molar refractivity (Wildman–Crippen MR) is 88.6 cm³/mol. The smallest absolute Gasteiger partial charge is 0.355 e. The van der Waals surface area contributed by atoms with Crippen LogP contribution in [0.15, 0.2) is 36.5 Å². The van der Waals surface area contributed by atoms with E-state index in [0.29, 0.717) is 11.4 Å². The molecule has 1 amide bonds. The van der Waals surface area contributed by atoms with Gasteiger partial charge in [-0.05, 0) is 19.1 Å². The summed E-state index contributed by atoms with van der Waals surface area (Å²) in [6.07, 6.45) is 0.0854. The summed E-state index contributed by atoms with van der Waals surface area (Å²) in [6.45, 7) is 1.40. The Balaban J connectivity index is 2.05. The SMILES string of the molecule is COc1ccccc1NC(=O)[C@H](C)OC(=O)c1cc([N+](=O)[O-])cn1C. The van der Waals surface area contributed by atoms with Crippen LogP contribution in [0.4, 0.5) is 11.4 Å². The third kappa shape index (κ3) is 4.14. The minimum atomic E-state index is -1.11. The minimum absolute atomic E-state index is 0.0244. The molecule has 0 aliphatic carbocycles. The lowest BCUT2D eigenvalue weighted by molar-refractivity contribution is -0.384. The molecule has 0 saturated carbocycles. The first-order chi connectivity index (χ1) is 11.8. The van der Waals surface area contributed by atoms with Gasteiger partial charge in [0, 0.05) is 13.1 Å². The number of carbonyl (C=O) groups excluding carboxylic acids is 2. The van der Waals surface area contributed by atoms with Crippen LogP contribution in [-0.2, 0) is 16.6 Å². The molecule has 0 fully saturated rings. The van der Waals surface area contributed by atoms with E-state index < -0.39 is 22.9 Å². The van der Waals surface area contributed by atoms with E-state index in [1.54, 1.807) is 24.3 Å². The molecule has 0 spiro atoms. The number of nitro groups is 1. The summed E-state index contributed by atoms with van der Waals surface area (Å²) in [7, 11) is 2.94. The first kappa shape index (κ1) is 18.0. The van der Waals surface area contributed by atoms with Crippen molar-refractivity contribution in [2.24, 2.45) is 7.05 Å². The Morgan fingerprint density at radius 3 is 2.60 bits per heavy atom. The number of hydrogen-bond donors (Lipinski definition) is 1. The minimum Gasteiger partial charge on any atom is -0.495 e. The monoisotopic (exact) mass is 347 g/mol. The van der Waals surface area contributed by atoms with Crippen LogP contribution < -0.4 is 10.1 Å². The summed E-state index contributed by atoms with van der Waals surface area (Å²) in [5.41, 5.74) is 0.177. The van der Waals surface area contributed by atoms with Crippen molar-refractivity contribution in [1.82, 2.24) is 4.57 Å². The number of esters is 1. The number of benzene rings is 1. The summed E-state index contributed by atoms with van der Waals surface area (Å²) in [5.74, 6) is -0.924. The van der Waals surface area contributed by atoms with E-state index >= 15 is 0 Å². The highest BCUT2D eigenvalue weighted by molar-refractivity contribution is 5.98. The van der Waals surface area contributed by atoms with Crippen molar-refractivity contribution in [3.63, 3.8) is 0 Å². The molecule has 1 aromatic heterocycles. The van der Waals surface area contributed by atoms with Gasteiger partial charge < -0.3 is 19.4 Å². The van der Waals surface area contributed by atoms with Gasteiger partial charge in [-0.25, -0.2) is 4.79 Å². The molecule has 1 N–H and O–H groups in total. The van der Waals surface area contributed by atoms with E-state index in [-0.39, 0.29) is 11.4 Å². The number of aromatic nitrogens is 1. The van der Waals surface area contributed by atoms with Crippen molar-refractivity contribution in [1.29, 1.82) is 0 Å². The standard InChI is InChI=1S/C16H17N3O6/c1-10(15(20)17-12-6-4-5-7-14(12)24-3)25-16(21)13-8-11(19(22)23)9-18(13)2/h4-10H,1-3H3,(H,17,20)/t10-/m0/s1. The zero-order valence-electron chi connectivity index (χ0n) is 13.9. The fourth-order valence-corrected chi connectivity index (χ4v) is 2.11. The Kier molecular flexibility index (Phi) is 5.38. The number of nitrogens with zero attached hydrogens (tertiary/aromatic N) is 2. The van der Waals surface area contributed by atoms with Gasteiger partial charge in [0.25, 0.3) is 11.6 Å². The van der Waals surface area contributed by atoms with Crippen LogP contribution >= 0.6 is 0 Å². The molecule has 2 rings (SSSR count). The van der Waals surface area contributed by atoms with Crippen LogP contribution in [0.2, 0.25) is 0 Å². The maximum Gasteiger partial charge on any atom is 0.355 e. The van der Waals surface area contributed by atoms with Crippen LogP contribution in [0.3, 0.4) is 0 Å². The quantitative estimate of drug-likeness (QED) is 0.486. The van der Waals surface area contributed by atoms with Gasteiger partial charge in [0.05, 0.1) is 23.9 Å². The van der Waals surface area contributed by atoms with E-state index in [0.717, 1.165) is 6.07 Å². The van der Waals surface area contributed by atoms with Gasteiger partial charge in [0.2, 0.25) is 0 Å². The Labute approximate surface area is 143 Å². The van der Waals surface area contributed by atoms with Gasteiger partial charge in [0.15, 0.2) is 6.10 Å². The van der Waals surface area contributed by atoms with Gasteiger partial charge in [-0.1, -0.05) is 12.1 Å². The Bertz CT molecular complexity index is 814. The first-order valence-corrected chi connectivity index (χ1v) is 7.29. The van der Waals surface area contributed by atoms with E-state index in [9.17, 15) is 19.7 Å². The zero-order chi connectivity index (χ0) is 18.6. The molecule has 132 valence electrons. The number of amides is 1. The van der Waals surface area contributed by atoms with Crippen molar-refractivity contribution in [2.75, 3.05) is 12.4 Å². The van der Waals surface area contributed by atoms with Crippen molar-refractivity contribution in [2.45, 2.75) is 13.0 Å². The van der Waals surface area contributed by atoms with Crippen molar-refractivity contribution in [3.05, 3.63) is 52.3 Å². The molecule has 0 aliphatic heterocycles. The number of anilines is 1. The molecular formula is C16H17N3O6. The number of para-hydroxylation sites is 2. The lowest BCUT2D eigenvalue weighted by Crippen LogP contribution is -2.30. The van der Waals surface area contributed by atoms with E-state index in [4.69, 9.17) is 9.47 Å². The van der Waals surface area contributed by atoms with E-state index in [1.165, 1.54) is 31.8 Å². The average Bonchev–Trinajstić information content (AvgIpc) is 2.97. The third-order valence-corrected chi connectivity index (χ3v) is 3.43. The molecule has 1 atom stereocenters. The first-order valence-electron chi connectivity index (χ1n) is 7.29. The van der Waals surface area contributed by atoms with Crippen molar-refractivity contribution in [3.8, 4) is 5.75 Å². The number of hydrogen-bond acceptors (Lipinski definition) is 6. The summed E-state index contributed by atoms with van der Waals surface area (Å²) < 4.78 is 11.5. The number of rotatable bonds is 6. The van der Waals surface area contributed by atoms with E-state index in [2.05, 4.69) is 5.32 Å². The molecule has 9 nitrogen and oxygen atoms in total. The average molecular weight is 347 g/mol. The number of carbonyl (C=O) groups is 2. The second-order valence-electron chi connectivity index (χ2n) is 5.19. The second-order valence-corrected chi connectivity index (χ2v) is 5.19. The van der Waals surface area contributed by atoms with Crippen LogP contribution in [0, 0.1) is 10.1 Å². The lowest BCUT2D eigenvalue weighted by Gasteiger charge is -2.15. The Hall–Kier alpha value is -3.36. The maximum absolute atomic E-state index is 12.2. The second kappa shape index (κ2) is 7.47. The molecule has 0 unspecified atom stereocenters. The molecule has 25 heavy (non-hydrogen) atoms. The normalized spacial score (nSPS) is 11.5. The maximum atomic E-state index is 12.2. The largest absolute Gasteiger partial charge is 0.495 e. The topological polar surface area (TPSA) is 113 Å². The van der Waals surface area contributed by atoms with Gasteiger partial charge in [-0.2, -0.15) is 0 Å². The number of nitrogens with one attached hydrogen (secondary N) is 1. The van der Waals surface area contributed by atoms with E-state index in [1.807, 2.05) is 0 Å².